The summed E-state index contributed by atoms with van der Waals surface area (Å²) in [7, 11) is -0.330. The Hall–Kier alpha value is -0.563. The molecule has 3 nitrogen and oxygen atoms in total. The monoisotopic (exact) mass is 392 g/mol. The Morgan fingerprint density at radius 3 is 2.26 bits per heavy atom. The largest absolute Gasteiger partial charge is 0.540 e. The van der Waals surface area contributed by atoms with E-state index in [1.165, 1.54) is 0 Å². The van der Waals surface area contributed by atoms with Crippen LogP contribution in [0.25, 0.3) is 0 Å². The standard InChI is InChI=1S/C14H21IO3Si/c1-14(2,3)19(5,6)18-13-11(15)7-10(9-16)8-12(13)17-4/h7-9H,1-6H3. The molecule has 0 fully saturated rings. The molecule has 0 amide bonds. The maximum atomic E-state index is 10.9. The van der Waals surface area contributed by atoms with E-state index >= 15 is 0 Å². The number of carbonyl (C=O) groups is 1. The summed E-state index contributed by atoms with van der Waals surface area (Å²) in [5, 5.41) is 0.115. The fraction of sp³-hybridized carbons (Fsp3) is 0.500. The second-order valence-corrected chi connectivity index (χ2v) is 11.9. The van der Waals surface area contributed by atoms with Crippen molar-refractivity contribution >= 4 is 37.2 Å². The SMILES string of the molecule is COc1cc(C=O)cc(I)c1O[Si](C)(C)C(C)(C)C. The minimum atomic E-state index is -1.93. The normalized spacial score (nSPS) is 12.2. The first kappa shape index (κ1) is 16.5. The number of halogens is 1. The van der Waals surface area contributed by atoms with E-state index < -0.39 is 8.32 Å². The zero-order valence-electron chi connectivity index (χ0n) is 12.3. The summed E-state index contributed by atoms with van der Waals surface area (Å²) >= 11 is 2.18. The summed E-state index contributed by atoms with van der Waals surface area (Å²) in [5.41, 5.74) is 0.601. The molecule has 19 heavy (non-hydrogen) atoms. The number of carbonyl (C=O) groups excluding carboxylic acids is 1. The van der Waals surface area contributed by atoms with Gasteiger partial charge in [0.05, 0.1) is 10.7 Å². The number of hydrogen-bond acceptors (Lipinski definition) is 3. The molecule has 0 N–H and O–H groups in total. The van der Waals surface area contributed by atoms with Gasteiger partial charge in [0, 0.05) is 5.56 Å². The average molecular weight is 392 g/mol. The molecule has 1 rings (SSSR count). The van der Waals surface area contributed by atoms with Gasteiger partial charge >= 0.3 is 0 Å². The fourth-order valence-corrected chi connectivity index (χ4v) is 3.29. The van der Waals surface area contributed by atoms with Crippen LogP contribution < -0.4 is 9.16 Å². The van der Waals surface area contributed by atoms with Gasteiger partial charge in [-0.3, -0.25) is 4.79 Å². The molecule has 0 atom stereocenters. The van der Waals surface area contributed by atoms with Gasteiger partial charge in [-0.1, -0.05) is 20.8 Å². The lowest BCUT2D eigenvalue weighted by atomic mass is 10.2. The smallest absolute Gasteiger partial charge is 0.250 e. The third-order valence-electron chi connectivity index (χ3n) is 3.55. The lowest BCUT2D eigenvalue weighted by Crippen LogP contribution is -2.44. The predicted molar refractivity (Wildman–Crippen MR) is 88.9 cm³/mol. The molecule has 0 aliphatic heterocycles. The molecule has 106 valence electrons. The Kier molecular flexibility index (Phi) is 5.06. The van der Waals surface area contributed by atoms with E-state index in [0.717, 1.165) is 15.6 Å². The Labute approximate surface area is 130 Å². The zero-order chi connectivity index (χ0) is 14.8. The van der Waals surface area contributed by atoms with Crippen molar-refractivity contribution in [1.29, 1.82) is 0 Å². The van der Waals surface area contributed by atoms with Crippen molar-refractivity contribution in [1.82, 2.24) is 0 Å². The summed E-state index contributed by atoms with van der Waals surface area (Å²) in [4.78, 5) is 10.9. The highest BCUT2D eigenvalue weighted by atomic mass is 127. The summed E-state index contributed by atoms with van der Waals surface area (Å²) < 4.78 is 12.6. The number of ether oxygens (including phenoxy) is 1. The summed E-state index contributed by atoms with van der Waals surface area (Å²) in [6.45, 7) is 11.0. The van der Waals surface area contributed by atoms with E-state index in [2.05, 4.69) is 56.5 Å². The number of rotatable bonds is 4. The Bertz CT molecular complexity index is 478. The second kappa shape index (κ2) is 5.83. The summed E-state index contributed by atoms with van der Waals surface area (Å²) in [5.74, 6) is 1.37. The average Bonchev–Trinajstić information content (AvgIpc) is 2.29. The Balaban J connectivity index is 3.25. The molecule has 0 bridgehead atoms. The summed E-state index contributed by atoms with van der Waals surface area (Å²) in [6.07, 6.45) is 0.820. The van der Waals surface area contributed by atoms with Gasteiger partial charge in [0.2, 0.25) is 0 Å². The molecule has 0 heterocycles. The van der Waals surface area contributed by atoms with Crippen LogP contribution in [0.4, 0.5) is 0 Å². The quantitative estimate of drug-likeness (QED) is 0.430. The van der Waals surface area contributed by atoms with E-state index in [-0.39, 0.29) is 5.04 Å². The number of methoxy groups -OCH3 is 1. The molecular formula is C14H21IO3Si. The van der Waals surface area contributed by atoms with Crippen LogP contribution in [0, 0.1) is 3.57 Å². The fourth-order valence-electron chi connectivity index (χ4n) is 1.32. The Morgan fingerprint density at radius 2 is 1.84 bits per heavy atom. The molecule has 0 aliphatic rings. The highest BCUT2D eigenvalue weighted by Crippen LogP contribution is 2.42. The van der Waals surface area contributed by atoms with Crippen LogP contribution in [-0.4, -0.2) is 21.7 Å². The number of benzene rings is 1. The molecule has 0 radical (unpaired) electrons. The van der Waals surface area contributed by atoms with Gasteiger partial charge < -0.3 is 9.16 Å². The lowest BCUT2D eigenvalue weighted by molar-refractivity contribution is 0.112. The van der Waals surface area contributed by atoms with E-state index in [9.17, 15) is 4.79 Å². The predicted octanol–water partition coefficient (Wildman–Crippen LogP) is 4.50. The highest BCUT2D eigenvalue weighted by molar-refractivity contribution is 14.1. The van der Waals surface area contributed by atoms with Crippen LogP contribution in [0.2, 0.25) is 18.1 Å². The van der Waals surface area contributed by atoms with Gasteiger partial charge in [0.15, 0.2) is 11.5 Å². The Morgan fingerprint density at radius 1 is 1.26 bits per heavy atom. The van der Waals surface area contributed by atoms with Gasteiger partial charge in [-0.15, -0.1) is 0 Å². The minimum absolute atomic E-state index is 0.115. The van der Waals surface area contributed by atoms with Crippen molar-refractivity contribution in [2.75, 3.05) is 7.11 Å². The van der Waals surface area contributed by atoms with Crippen LogP contribution in [0.5, 0.6) is 11.5 Å². The molecule has 0 unspecified atom stereocenters. The van der Waals surface area contributed by atoms with Crippen molar-refractivity contribution in [3.63, 3.8) is 0 Å². The molecule has 1 aromatic carbocycles. The molecule has 1 aromatic rings. The molecule has 0 saturated carbocycles. The van der Waals surface area contributed by atoms with E-state index in [1.54, 1.807) is 13.2 Å². The van der Waals surface area contributed by atoms with E-state index in [0.29, 0.717) is 11.3 Å². The first-order valence-electron chi connectivity index (χ1n) is 6.14. The van der Waals surface area contributed by atoms with Crippen LogP contribution in [0.3, 0.4) is 0 Å². The lowest BCUT2D eigenvalue weighted by Gasteiger charge is -2.37. The molecular weight excluding hydrogens is 371 g/mol. The van der Waals surface area contributed by atoms with Gasteiger partial charge in [0.25, 0.3) is 8.32 Å². The first-order valence-corrected chi connectivity index (χ1v) is 10.1. The zero-order valence-corrected chi connectivity index (χ0v) is 15.5. The van der Waals surface area contributed by atoms with Crippen molar-refractivity contribution in [3.05, 3.63) is 21.3 Å². The van der Waals surface area contributed by atoms with Crippen LogP contribution in [-0.2, 0) is 0 Å². The number of aldehydes is 1. The van der Waals surface area contributed by atoms with Crippen molar-refractivity contribution in [2.24, 2.45) is 0 Å². The van der Waals surface area contributed by atoms with Crippen molar-refractivity contribution in [3.8, 4) is 11.5 Å². The molecule has 0 aromatic heterocycles. The molecule has 0 spiro atoms. The first-order chi connectivity index (χ1) is 8.62. The van der Waals surface area contributed by atoms with Gasteiger partial charge in [0.1, 0.15) is 6.29 Å². The van der Waals surface area contributed by atoms with E-state index in [1.807, 2.05) is 6.07 Å². The third-order valence-corrected chi connectivity index (χ3v) is 8.68. The highest BCUT2D eigenvalue weighted by Gasteiger charge is 2.40. The second-order valence-electron chi connectivity index (χ2n) is 6.01. The van der Waals surface area contributed by atoms with Gasteiger partial charge in [-0.2, -0.15) is 0 Å². The maximum absolute atomic E-state index is 10.9. The van der Waals surface area contributed by atoms with Crippen molar-refractivity contribution in [2.45, 2.75) is 38.9 Å². The maximum Gasteiger partial charge on any atom is 0.250 e. The summed E-state index contributed by atoms with van der Waals surface area (Å²) in [6, 6.07) is 3.54. The van der Waals surface area contributed by atoms with Crippen LogP contribution >= 0.6 is 22.6 Å². The molecule has 0 saturated heterocycles. The van der Waals surface area contributed by atoms with Crippen molar-refractivity contribution < 1.29 is 14.0 Å². The minimum Gasteiger partial charge on any atom is -0.540 e. The molecule has 0 aliphatic carbocycles. The topological polar surface area (TPSA) is 35.5 Å². The van der Waals surface area contributed by atoms with Gasteiger partial charge in [-0.25, -0.2) is 0 Å². The molecule has 5 heteroatoms. The number of hydrogen-bond donors (Lipinski definition) is 0. The van der Waals surface area contributed by atoms with Crippen LogP contribution in [0.1, 0.15) is 31.1 Å². The van der Waals surface area contributed by atoms with E-state index in [4.69, 9.17) is 9.16 Å². The third kappa shape index (κ3) is 3.72. The van der Waals surface area contributed by atoms with Crippen LogP contribution in [0.15, 0.2) is 12.1 Å². The van der Waals surface area contributed by atoms with Gasteiger partial charge in [-0.05, 0) is 52.9 Å².